The van der Waals surface area contributed by atoms with Crippen molar-refractivity contribution in [3.8, 4) is 0 Å². The topological polar surface area (TPSA) is 6.48 Å². The molecule has 0 atom stereocenters. The molecule has 8 aliphatic carbocycles. The molecule has 0 radical (unpaired) electrons. The molecule has 0 aromatic heterocycles. The van der Waals surface area contributed by atoms with Gasteiger partial charge in [0.1, 0.15) is 0 Å². The molecule has 6 aromatic rings. The van der Waals surface area contributed by atoms with E-state index in [1.165, 1.54) is 299 Å². The van der Waals surface area contributed by atoms with Gasteiger partial charge in [-0.2, -0.15) is 0 Å². The first-order valence-electron chi connectivity index (χ1n) is 36.2. The first-order chi connectivity index (χ1) is 44.4. The number of rotatable bonds is 14. The summed E-state index contributed by atoms with van der Waals surface area (Å²) in [5, 5.41) is 0. The fourth-order valence-electron chi connectivity index (χ4n) is 14.0. The van der Waals surface area contributed by atoms with Crippen molar-refractivity contribution in [2.45, 2.75) is 238 Å². The second kappa shape index (κ2) is 66.2. The van der Waals surface area contributed by atoms with Gasteiger partial charge in [-0.25, -0.2) is 0 Å². The summed E-state index contributed by atoms with van der Waals surface area (Å²) in [6.45, 7) is 3.74. The van der Waals surface area contributed by atoms with Crippen LogP contribution in [-0.2, 0) is 68.3 Å². The molecule has 0 aliphatic heterocycles. The van der Waals surface area contributed by atoms with Crippen molar-refractivity contribution in [2.75, 3.05) is 9.80 Å². The molecule has 14 rings (SSSR count). The zero-order chi connectivity index (χ0) is 62.5. The van der Waals surface area contributed by atoms with Crippen LogP contribution in [0.1, 0.15) is 254 Å². The van der Waals surface area contributed by atoms with Gasteiger partial charge in [-0.05, 0) is 262 Å². The van der Waals surface area contributed by atoms with E-state index in [4.69, 9.17) is 0 Å². The van der Waals surface area contributed by atoms with Crippen molar-refractivity contribution in [3.63, 3.8) is 0 Å². The monoisotopic (exact) mass is 1880 g/mol. The van der Waals surface area contributed by atoms with E-state index < -0.39 is 0 Å². The Bertz CT molecular complexity index is 2680. The Hall–Kier alpha value is -1.85. The van der Waals surface area contributed by atoms with E-state index in [0.29, 0.717) is 0 Å². The van der Waals surface area contributed by atoms with Crippen molar-refractivity contribution >= 4 is 120 Å². The average Bonchev–Trinajstić information content (AvgIpc) is 1.79. The van der Waals surface area contributed by atoms with Gasteiger partial charge in [0.15, 0.2) is 0 Å². The summed E-state index contributed by atoms with van der Waals surface area (Å²) in [6, 6.07) is 53.1. The fourth-order valence-corrected chi connectivity index (χ4v) is 15.1. The zero-order valence-electron chi connectivity index (χ0n) is 64.5. The molecule has 0 spiro atoms. The first kappa shape index (κ1) is 109. The largest absolute Gasteiger partial charge is 2.00 e. The van der Waals surface area contributed by atoms with Crippen LogP contribution < -0.4 is 9.80 Å². The van der Waals surface area contributed by atoms with Crippen molar-refractivity contribution in [1.29, 1.82) is 0 Å². The normalized spacial score (nSPS) is 16.2. The summed E-state index contributed by atoms with van der Waals surface area (Å²) < 4.78 is 3.73. The summed E-state index contributed by atoms with van der Waals surface area (Å²) in [4.78, 5) is 4.67. The molecule has 570 valence electrons. The van der Waals surface area contributed by atoms with Crippen molar-refractivity contribution in [3.05, 3.63) is 263 Å². The minimum Gasteiger partial charge on any atom is -0.358 e. The van der Waals surface area contributed by atoms with Gasteiger partial charge >= 0.3 is 68.3 Å². The molecule has 0 N–H and O–H groups in total. The van der Waals surface area contributed by atoms with E-state index >= 15 is 0 Å². The molecule has 8 saturated carbocycles. The van der Waals surface area contributed by atoms with E-state index in [9.17, 15) is 0 Å². The molecular formula is C93H135Fe4I3N2. The number of nitrogens with zero attached hydrogens (tertiary/aromatic N) is 2. The molecule has 0 heterocycles. The van der Waals surface area contributed by atoms with Crippen LogP contribution in [-0.4, -0.2) is 0 Å². The summed E-state index contributed by atoms with van der Waals surface area (Å²) in [7, 11) is 0. The quantitative estimate of drug-likeness (QED) is 0.0464. The predicted octanol–water partition coefficient (Wildman–Crippen LogP) is 32.9. The van der Waals surface area contributed by atoms with E-state index in [2.05, 4.69) is 272 Å². The number of allylic oxidation sites excluding steroid dienone is 4. The van der Waals surface area contributed by atoms with Crippen molar-refractivity contribution < 1.29 is 68.3 Å². The fraction of sp³-hybridized carbons (Fsp3) is 0.441. The van der Waals surface area contributed by atoms with Crippen LogP contribution in [0.3, 0.4) is 0 Å². The van der Waals surface area contributed by atoms with Gasteiger partial charge in [0.2, 0.25) is 0 Å². The molecule has 2 nitrogen and oxygen atoms in total. The van der Waals surface area contributed by atoms with Crippen molar-refractivity contribution in [2.24, 2.45) is 23.7 Å². The first-order valence-corrected chi connectivity index (χ1v) is 39.4. The molecule has 0 unspecified atom stereocenters. The van der Waals surface area contributed by atoms with Gasteiger partial charge < -0.3 is 69.2 Å². The Morgan fingerprint density at radius 3 is 0.676 bits per heavy atom. The van der Waals surface area contributed by atoms with E-state index in [-0.39, 0.29) is 128 Å². The number of benzene rings is 6. The minimum absolute atomic E-state index is 0. The molecule has 8 fully saturated rings. The maximum absolute atomic E-state index is 3.74. The number of anilines is 6. The zero-order valence-corrected chi connectivity index (χ0v) is 75.4. The Balaban J connectivity index is -0.000000431. The molecule has 6 aromatic carbocycles. The van der Waals surface area contributed by atoms with Gasteiger partial charge in [0, 0.05) is 44.8 Å². The second-order valence-electron chi connectivity index (χ2n) is 26.8. The van der Waals surface area contributed by atoms with Gasteiger partial charge in [-0.15, -0.1) is 6.58 Å². The Morgan fingerprint density at radius 1 is 0.265 bits per heavy atom. The van der Waals surface area contributed by atoms with Crippen LogP contribution in [0, 0.1) is 93.8 Å². The molecule has 0 bridgehead atoms. The summed E-state index contributed by atoms with van der Waals surface area (Å²) >= 11 is 7.01. The van der Waals surface area contributed by atoms with Crippen LogP contribution >= 0.6 is 67.8 Å². The van der Waals surface area contributed by atoms with Crippen LogP contribution in [0.25, 0.3) is 18.2 Å². The molecule has 9 heteroatoms. The SMILES string of the molecule is C(=C\c1ccc(N(c2ccc(/C=C/C3CCCC3)cc2)c2ccc(/C=C/C3CCCC3)cc2)cc1)/CC1CCCC1.C1CCCC1.C1CCCC1.C1CCCC1.C1CCCC1.C=CC1CCCC1.Ic1ccc(N(c2ccc(I)cc2)c2ccc(I)cc2)cc1.[CH3-].[CH3-].[CH3-].[CH3-].[CH3-].[CH3-].[CH3-].[CH3-].[Fe+2].[Fe+2].[Fe+2].[Fe+2]. The molecule has 102 heavy (non-hydrogen) atoms. The van der Waals surface area contributed by atoms with E-state index in [1.54, 1.807) is 0 Å². The number of hydrogen-bond donors (Lipinski definition) is 0. The Kier molecular flexibility index (Phi) is 70.5. The predicted molar refractivity (Wildman–Crippen MR) is 474 cm³/mol. The van der Waals surface area contributed by atoms with Gasteiger partial charge in [0.05, 0.1) is 0 Å². The third-order valence-electron chi connectivity index (χ3n) is 19.6. The second-order valence-corrected chi connectivity index (χ2v) is 30.6. The van der Waals surface area contributed by atoms with E-state index in [0.717, 1.165) is 23.7 Å². The summed E-state index contributed by atoms with van der Waals surface area (Å²) in [6.07, 6.45) is 69.7. The third kappa shape index (κ3) is 42.2. The molecule has 8 aliphatic rings. The number of halogens is 3. The Labute approximate surface area is 714 Å². The van der Waals surface area contributed by atoms with Gasteiger partial charge in [0.25, 0.3) is 0 Å². The molecule has 0 saturated heterocycles. The molecular weight excluding hydrogens is 1750 g/mol. The average molecular weight is 1890 g/mol. The minimum atomic E-state index is 0. The number of hydrogen-bond acceptors (Lipinski definition) is 2. The maximum atomic E-state index is 3.74. The summed E-state index contributed by atoms with van der Waals surface area (Å²) in [5.74, 6) is 3.28. The van der Waals surface area contributed by atoms with Crippen LogP contribution in [0.5, 0.6) is 0 Å². The third-order valence-corrected chi connectivity index (χ3v) is 21.8. The van der Waals surface area contributed by atoms with Gasteiger partial charge in [-0.3, -0.25) is 0 Å². The van der Waals surface area contributed by atoms with Crippen LogP contribution in [0.15, 0.2) is 176 Å². The van der Waals surface area contributed by atoms with Crippen molar-refractivity contribution in [1.82, 2.24) is 0 Å². The maximum Gasteiger partial charge on any atom is 2.00 e. The van der Waals surface area contributed by atoms with Crippen LogP contribution in [0.4, 0.5) is 34.1 Å². The molecule has 0 amide bonds. The standard InChI is InChI=1S/C40H47N.C18H12I3N.C7H12.4C5H10.8CH3.4Fe/c1-2-9-32(8-1)14-7-15-35-20-26-38(27-21-35)41(39-28-22-36(23-29-39)18-16-33-10-3-4-11-33)40-30-24-37(25-31-40)19-17-34-12-5-6-13-34;19-13-1-7-16(8-2-13)22(17-9-3-14(20)4-10-17)18-11-5-15(21)6-12-18;1-2-7-5-3-4-6-7;4*1-2-4-5-3-1;;;;;;;;;;;;/h7,15-34H,1-6,8-14H2;1-12H;2,7H,1,3-6H2;4*1-5H2;8*1H3;;;;/q;;;;;;;8*-1;4*+2/b15-7+,18-16+,19-17+;;;;;;;;;;;;;;;;;;. The van der Waals surface area contributed by atoms with Gasteiger partial charge in [-0.1, -0.05) is 272 Å². The summed E-state index contributed by atoms with van der Waals surface area (Å²) in [5.41, 5.74) is 11.0. The Morgan fingerprint density at radius 2 is 0.461 bits per heavy atom. The van der Waals surface area contributed by atoms with E-state index in [1.807, 2.05) is 0 Å². The smallest absolute Gasteiger partial charge is 0.358 e. The van der Waals surface area contributed by atoms with Crippen LogP contribution in [0.2, 0.25) is 0 Å².